The molecule has 0 spiro atoms. The van der Waals surface area contributed by atoms with Crippen LogP contribution in [0, 0.1) is 0 Å². The second-order valence-corrected chi connectivity index (χ2v) is 5.23. The SMILES string of the molecule is C1CCC(N2CCNC3CCCC32)C1. The van der Waals surface area contributed by atoms with Gasteiger partial charge in [0.2, 0.25) is 0 Å². The van der Waals surface area contributed by atoms with E-state index in [1.807, 2.05) is 0 Å². The Morgan fingerprint density at radius 1 is 0.929 bits per heavy atom. The van der Waals surface area contributed by atoms with Crippen LogP contribution in [0.5, 0.6) is 0 Å². The molecule has 3 aliphatic rings. The first kappa shape index (κ1) is 9.17. The van der Waals surface area contributed by atoms with Gasteiger partial charge in [-0.15, -0.1) is 0 Å². The fourth-order valence-electron chi connectivity index (χ4n) is 3.81. The lowest BCUT2D eigenvalue weighted by Crippen LogP contribution is -2.57. The summed E-state index contributed by atoms with van der Waals surface area (Å²) in [6.45, 7) is 2.55. The summed E-state index contributed by atoms with van der Waals surface area (Å²) in [7, 11) is 0. The molecule has 1 aliphatic heterocycles. The van der Waals surface area contributed by atoms with Crippen molar-refractivity contribution in [3.05, 3.63) is 0 Å². The molecular weight excluding hydrogens is 172 g/mol. The summed E-state index contributed by atoms with van der Waals surface area (Å²) in [6.07, 6.45) is 10.2. The Kier molecular flexibility index (Phi) is 2.50. The van der Waals surface area contributed by atoms with Crippen molar-refractivity contribution in [2.45, 2.75) is 63.1 Å². The monoisotopic (exact) mass is 194 g/mol. The van der Waals surface area contributed by atoms with Gasteiger partial charge in [-0.05, 0) is 25.7 Å². The first-order valence-corrected chi connectivity index (χ1v) is 6.44. The zero-order valence-corrected chi connectivity index (χ0v) is 9.04. The predicted molar refractivity (Wildman–Crippen MR) is 58.4 cm³/mol. The Bertz CT molecular complexity index is 198. The molecule has 0 aromatic heterocycles. The molecule has 1 heterocycles. The van der Waals surface area contributed by atoms with Gasteiger partial charge in [-0.1, -0.05) is 19.3 Å². The van der Waals surface area contributed by atoms with E-state index in [1.54, 1.807) is 0 Å². The van der Waals surface area contributed by atoms with Gasteiger partial charge in [0.05, 0.1) is 0 Å². The average molecular weight is 194 g/mol. The summed E-state index contributed by atoms with van der Waals surface area (Å²) in [5.41, 5.74) is 0. The van der Waals surface area contributed by atoms with Gasteiger partial charge in [0.25, 0.3) is 0 Å². The molecule has 0 amide bonds. The highest BCUT2D eigenvalue weighted by molar-refractivity contribution is 4.97. The van der Waals surface area contributed by atoms with Crippen LogP contribution in [0.4, 0.5) is 0 Å². The van der Waals surface area contributed by atoms with Crippen LogP contribution in [0.2, 0.25) is 0 Å². The highest BCUT2D eigenvalue weighted by Crippen LogP contribution is 2.32. The quantitative estimate of drug-likeness (QED) is 0.684. The van der Waals surface area contributed by atoms with Crippen molar-refractivity contribution in [1.82, 2.24) is 10.2 Å². The number of piperazine rings is 1. The molecular formula is C12H22N2. The molecule has 1 saturated heterocycles. The summed E-state index contributed by atoms with van der Waals surface area (Å²) in [4.78, 5) is 2.85. The smallest absolute Gasteiger partial charge is 0.0252 e. The van der Waals surface area contributed by atoms with Crippen LogP contribution in [0.1, 0.15) is 44.9 Å². The Morgan fingerprint density at radius 2 is 1.79 bits per heavy atom. The highest BCUT2D eigenvalue weighted by Gasteiger charge is 2.38. The normalized spacial score (nSPS) is 40.3. The molecule has 0 aromatic rings. The van der Waals surface area contributed by atoms with E-state index in [-0.39, 0.29) is 0 Å². The van der Waals surface area contributed by atoms with Gasteiger partial charge >= 0.3 is 0 Å². The first-order valence-electron chi connectivity index (χ1n) is 6.44. The number of fused-ring (bicyclic) bond motifs is 1. The minimum atomic E-state index is 0.837. The molecule has 2 aliphatic carbocycles. The van der Waals surface area contributed by atoms with Gasteiger partial charge in [-0.3, -0.25) is 4.90 Å². The summed E-state index contributed by atoms with van der Waals surface area (Å²) in [5.74, 6) is 0. The molecule has 14 heavy (non-hydrogen) atoms. The Labute approximate surface area is 87.0 Å². The number of nitrogens with one attached hydrogen (secondary N) is 1. The summed E-state index contributed by atoms with van der Waals surface area (Å²) in [6, 6.07) is 2.68. The molecule has 1 N–H and O–H groups in total. The molecule has 0 aromatic carbocycles. The lowest BCUT2D eigenvalue weighted by atomic mass is 10.0. The van der Waals surface area contributed by atoms with Crippen LogP contribution in [-0.2, 0) is 0 Å². The summed E-state index contributed by atoms with van der Waals surface area (Å²) >= 11 is 0. The Balaban J connectivity index is 1.70. The summed E-state index contributed by atoms with van der Waals surface area (Å²) in [5, 5.41) is 3.69. The van der Waals surface area contributed by atoms with Crippen LogP contribution in [0.3, 0.4) is 0 Å². The van der Waals surface area contributed by atoms with Crippen molar-refractivity contribution in [1.29, 1.82) is 0 Å². The van der Waals surface area contributed by atoms with Crippen molar-refractivity contribution >= 4 is 0 Å². The third kappa shape index (κ3) is 1.49. The lowest BCUT2D eigenvalue weighted by Gasteiger charge is -2.42. The molecule has 2 heteroatoms. The maximum Gasteiger partial charge on any atom is 0.0252 e. The van der Waals surface area contributed by atoms with Crippen molar-refractivity contribution in [3.8, 4) is 0 Å². The lowest BCUT2D eigenvalue weighted by molar-refractivity contribution is 0.0897. The van der Waals surface area contributed by atoms with Crippen LogP contribution >= 0.6 is 0 Å². The van der Waals surface area contributed by atoms with E-state index in [0.717, 1.165) is 18.1 Å². The molecule has 80 valence electrons. The molecule has 0 radical (unpaired) electrons. The van der Waals surface area contributed by atoms with Gasteiger partial charge in [-0.2, -0.15) is 0 Å². The largest absolute Gasteiger partial charge is 0.311 e. The van der Waals surface area contributed by atoms with Crippen LogP contribution < -0.4 is 5.32 Å². The highest BCUT2D eigenvalue weighted by atomic mass is 15.3. The van der Waals surface area contributed by atoms with Gasteiger partial charge in [-0.25, -0.2) is 0 Å². The van der Waals surface area contributed by atoms with Gasteiger partial charge in [0.1, 0.15) is 0 Å². The van der Waals surface area contributed by atoms with Crippen molar-refractivity contribution in [2.24, 2.45) is 0 Å². The molecule has 2 saturated carbocycles. The minimum absolute atomic E-state index is 0.837. The summed E-state index contributed by atoms with van der Waals surface area (Å²) < 4.78 is 0. The molecule has 0 bridgehead atoms. The molecule has 2 unspecified atom stereocenters. The fourth-order valence-corrected chi connectivity index (χ4v) is 3.81. The fraction of sp³-hybridized carbons (Fsp3) is 1.00. The molecule has 2 atom stereocenters. The zero-order chi connectivity index (χ0) is 9.38. The van der Waals surface area contributed by atoms with E-state index >= 15 is 0 Å². The zero-order valence-electron chi connectivity index (χ0n) is 9.04. The average Bonchev–Trinajstić information content (AvgIpc) is 2.88. The standard InChI is InChI=1S/C12H22N2/c1-2-5-10(4-1)14-9-8-13-11-6-3-7-12(11)14/h10-13H,1-9H2. The molecule has 3 rings (SSSR count). The third-order valence-electron chi connectivity index (χ3n) is 4.48. The maximum absolute atomic E-state index is 3.69. The molecule has 2 nitrogen and oxygen atoms in total. The van der Waals surface area contributed by atoms with Gasteiger partial charge in [0.15, 0.2) is 0 Å². The van der Waals surface area contributed by atoms with Gasteiger partial charge < -0.3 is 5.32 Å². The molecule has 3 fully saturated rings. The maximum atomic E-state index is 3.69. The predicted octanol–water partition coefficient (Wildman–Crippen LogP) is 1.76. The van der Waals surface area contributed by atoms with Crippen molar-refractivity contribution in [3.63, 3.8) is 0 Å². The Morgan fingerprint density at radius 3 is 2.64 bits per heavy atom. The van der Waals surface area contributed by atoms with Crippen LogP contribution in [0.25, 0.3) is 0 Å². The van der Waals surface area contributed by atoms with E-state index < -0.39 is 0 Å². The second-order valence-electron chi connectivity index (χ2n) is 5.23. The van der Waals surface area contributed by atoms with E-state index in [9.17, 15) is 0 Å². The van der Waals surface area contributed by atoms with Gasteiger partial charge in [0, 0.05) is 31.2 Å². The van der Waals surface area contributed by atoms with Crippen LogP contribution in [-0.4, -0.2) is 36.1 Å². The Hall–Kier alpha value is -0.0800. The number of hydrogen-bond acceptors (Lipinski definition) is 2. The van der Waals surface area contributed by atoms with E-state index in [0.29, 0.717) is 0 Å². The second kappa shape index (κ2) is 3.82. The number of hydrogen-bond donors (Lipinski definition) is 1. The van der Waals surface area contributed by atoms with Crippen LogP contribution in [0.15, 0.2) is 0 Å². The van der Waals surface area contributed by atoms with Crippen molar-refractivity contribution < 1.29 is 0 Å². The minimum Gasteiger partial charge on any atom is -0.311 e. The number of nitrogens with zero attached hydrogens (tertiary/aromatic N) is 1. The third-order valence-corrected chi connectivity index (χ3v) is 4.48. The van der Waals surface area contributed by atoms with Crippen molar-refractivity contribution in [2.75, 3.05) is 13.1 Å². The van der Waals surface area contributed by atoms with E-state index in [2.05, 4.69) is 10.2 Å². The van der Waals surface area contributed by atoms with E-state index in [1.165, 1.54) is 58.0 Å². The number of rotatable bonds is 1. The van der Waals surface area contributed by atoms with E-state index in [4.69, 9.17) is 0 Å². The topological polar surface area (TPSA) is 15.3 Å². The first-order chi connectivity index (χ1) is 6.95.